The van der Waals surface area contributed by atoms with Gasteiger partial charge in [-0.25, -0.2) is 13.1 Å². The number of benzene rings is 3. The summed E-state index contributed by atoms with van der Waals surface area (Å²) < 4.78 is 27.1. The van der Waals surface area contributed by atoms with Crippen molar-refractivity contribution in [2.45, 2.75) is 24.7 Å². The zero-order valence-corrected chi connectivity index (χ0v) is 18.5. The van der Waals surface area contributed by atoms with Crippen molar-refractivity contribution in [1.29, 1.82) is 0 Å². The molecule has 0 saturated carbocycles. The van der Waals surface area contributed by atoms with Crippen LogP contribution in [0.25, 0.3) is 0 Å². The second-order valence-corrected chi connectivity index (χ2v) is 8.90. The highest BCUT2D eigenvalue weighted by molar-refractivity contribution is 7.89. The van der Waals surface area contributed by atoms with Crippen LogP contribution in [-0.2, 0) is 10.0 Å². The van der Waals surface area contributed by atoms with Gasteiger partial charge in [-0.3, -0.25) is 9.59 Å². The van der Waals surface area contributed by atoms with Crippen LogP contribution in [0.3, 0.4) is 0 Å². The molecule has 0 atom stereocenters. The van der Waals surface area contributed by atoms with E-state index in [-0.39, 0.29) is 16.7 Å². The van der Waals surface area contributed by atoms with Crippen LogP contribution in [0.5, 0.6) is 0 Å². The molecular formula is C24H25N3O4S. The van der Waals surface area contributed by atoms with Crippen LogP contribution in [0.2, 0.25) is 0 Å². The summed E-state index contributed by atoms with van der Waals surface area (Å²) in [5.74, 6) is -0.648. The molecule has 0 unspecified atom stereocenters. The SMILES string of the molecule is CCCCNS(=O)(=O)c1ccc(NC(=O)c2cccc(NC(=O)c3ccccc3)c2)cc1. The topological polar surface area (TPSA) is 104 Å². The lowest BCUT2D eigenvalue weighted by atomic mass is 10.1. The molecule has 0 aliphatic carbocycles. The van der Waals surface area contributed by atoms with Crippen LogP contribution in [0.1, 0.15) is 40.5 Å². The van der Waals surface area contributed by atoms with Crippen molar-refractivity contribution in [3.63, 3.8) is 0 Å². The minimum Gasteiger partial charge on any atom is -0.322 e. The van der Waals surface area contributed by atoms with Gasteiger partial charge in [-0.05, 0) is 61.0 Å². The van der Waals surface area contributed by atoms with Gasteiger partial charge in [0.05, 0.1) is 4.90 Å². The monoisotopic (exact) mass is 451 g/mol. The van der Waals surface area contributed by atoms with Crippen LogP contribution < -0.4 is 15.4 Å². The van der Waals surface area contributed by atoms with Crippen LogP contribution in [-0.4, -0.2) is 26.8 Å². The van der Waals surface area contributed by atoms with Crippen molar-refractivity contribution in [2.75, 3.05) is 17.2 Å². The Bertz CT molecular complexity index is 1180. The van der Waals surface area contributed by atoms with E-state index in [1.807, 2.05) is 13.0 Å². The Morgan fingerprint density at radius 3 is 2.06 bits per heavy atom. The molecule has 32 heavy (non-hydrogen) atoms. The molecule has 0 bridgehead atoms. The molecule has 2 amide bonds. The fraction of sp³-hybridized carbons (Fsp3) is 0.167. The lowest BCUT2D eigenvalue weighted by molar-refractivity contribution is 0.101. The highest BCUT2D eigenvalue weighted by atomic mass is 32.2. The fourth-order valence-electron chi connectivity index (χ4n) is 2.92. The number of amides is 2. The number of sulfonamides is 1. The van der Waals surface area contributed by atoms with E-state index < -0.39 is 10.0 Å². The maximum Gasteiger partial charge on any atom is 0.255 e. The van der Waals surface area contributed by atoms with Gasteiger partial charge in [0.1, 0.15) is 0 Å². The lowest BCUT2D eigenvalue weighted by Gasteiger charge is -2.10. The highest BCUT2D eigenvalue weighted by Crippen LogP contribution is 2.17. The van der Waals surface area contributed by atoms with Gasteiger partial charge in [0.15, 0.2) is 0 Å². The van der Waals surface area contributed by atoms with E-state index in [1.165, 1.54) is 24.3 Å². The van der Waals surface area contributed by atoms with Gasteiger partial charge in [-0.1, -0.05) is 37.6 Å². The van der Waals surface area contributed by atoms with Gasteiger partial charge >= 0.3 is 0 Å². The van der Waals surface area contributed by atoms with Crippen LogP contribution >= 0.6 is 0 Å². The quantitative estimate of drug-likeness (QED) is 0.423. The van der Waals surface area contributed by atoms with E-state index in [0.29, 0.717) is 29.0 Å². The average Bonchev–Trinajstić information content (AvgIpc) is 2.80. The van der Waals surface area contributed by atoms with Crippen molar-refractivity contribution in [2.24, 2.45) is 0 Å². The molecule has 0 spiro atoms. The standard InChI is InChI=1S/C24H25N3O4S/c1-2-3-16-25-32(30,31)22-14-12-20(13-15-22)26-24(29)19-10-7-11-21(17-19)27-23(28)18-8-5-4-6-9-18/h4-15,17,25H,2-3,16H2,1H3,(H,26,29)(H,27,28). The predicted octanol–water partition coefficient (Wildman–Crippen LogP) is 4.27. The first kappa shape index (κ1) is 23.2. The molecule has 166 valence electrons. The molecule has 8 heteroatoms. The molecule has 0 aromatic heterocycles. The van der Waals surface area contributed by atoms with Crippen molar-refractivity contribution in [3.8, 4) is 0 Å². The summed E-state index contributed by atoms with van der Waals surface area (Å²) >= 11 is 0. The summed E-state index contributed by atoms with van der Waals surface area (Å²) in [5, 5.41) is 5.50. The molecule has 7 nitrogen and oxygen atoms in total. The van der Waals surface area contributed by atoms with Crippen LogP contribution in [0, 0.1) is 0 Å². The Morgan fingerprint density at radius 1 is 0.750 bits per heavy atom. The third kappa shape index (κ3) is 6.26. The van der Waals surface area contributed by atoms with Gasteiger partial charge in [0.25, 0.3) is 11.8 Å². The van der Waals surface area contributed by atoms with Crippen molar-refractivity contribution >= 4 is 33.2 Å². The molecule has 3 aromatic rings. The molecule has 0 fully saturated rings. The van der Waals surface area contributed by atoms with Crippen LogP contribution in [0.15, 0.2) is 83.8 Å². The Kier molecular flexibility index (Phi) is 7.75. The van der Waals surface area contributed by atoms with E-state index in [0.717, 1.165) is 12.8 Å². The second kappa shape index (κ2) is 10.7. The van der Waals surface area contributed by atoms with Gasteiger partial charge < -0.3 is 10.6 Å². The van der Waals surface area contributed by atoms with Crippen molar-refractivity contribution in [1.82, 2.24) is 4.72 Å². The molecule has 0 aliphatic rings. The maximum absolute atomic E-state index is 12.6. The van der Waals surface area contributed by atoms with E-state index in [2.05, 4.69) is 15.4 Å². The first-order valence-corrected chi connectivity index (χ1v) is 11.7. The first-order valence-electron chi connectivity index (χ1n) is 10.3. The molecule has 0 heterocycles. The van der Waals surface area contributed by atoms with E-state index >= 15 is 0 Å². The van der Waals surface area contributed by atoms with Gasteiger partial charge in [-0.15, -0.1) is 0 Å². The Balaban J connectivity index is 1.64. The number of rotatable bonds is 9. The summed E-state index contributed by atoms with van der Waals surface area (Å²) in [5.41, 5.74) is 1.82. The molecule has 0 aliphatic heterocycles. The Morgan fingerprint density at radius 2 is 1.38 bits per heavy atom. The van der Waals surface area contributed by atoms with E-state index in [9.17, 15) is 18.0 Å². The summed E-state index contributed by atoms with van der Waals surface area (Å²) in [6.45, 7) is 2.37. The number of hydrogen-bond donors (Lipinski definition) is 3. The van der Waals surface area contributed by atoms with Crippen molar-refractivity contribution in [3.05, 3.63) is 90.0 Å². The fourth-order valence-corrected chi connectivity index (χ4v) is 3.99. The zero-order valence-electron chi connectivity index (χ0n) is 17.7. The number of unbranched alkanes of at least 4 members (excludes halogenated alkanes) is 1. The minimum atomic E-state index is -3.57. The highest BCUT2D eigenvalue weighted by Gasteiger charge is 2.14. The smallest absolute Gasteiger partial charge is 0.255 e. The van der Waals surface area contributed by atoms with Crippen molar-refractivity contribution < 1.29 is 18.0 Å². The molecule has 0 radical (unpaired) electrons. The van der Waals surface area contributed by atoms with Gasteiger partial charge in [-0.2, -0.15) is 0 Å². The molecule has 0 saturated heterocycles. The minimum absolute atomic E-state index is 0.136. The Labute approximate surface area is 187 Å². The number of anilines is 2. The number of hydrogen-bond acceptors (Lipinski definition) is 4. The second-order valence-electron chi connectivity index (χ2n) is 7.13. The normalized spacial score (nSPS) is 11.0. The predicted molar refractivity (Wildman–Crippen MR) is 125 cm³/mol. The maximum atomic E-state index is 12.6. The lowest BCUT2D eigenvalue weighted by Crippen LogP contribution is -2.24. The van der Waals surface area contributed by atoms with E-state index in [1.54, 1.807) is 48.5 Å². The van der Waals surface area contributed by atoms with E-state index in [4.69, 9.17) is 0 Å². The summed E-state index contributed by atoms with van der Waals surface area (Å²) in [4.78, 5) is 25.1. The zero-order chi connectivity index (χ0) is 23.0. The molecular weight excluding hydrogens is 426 g/mol. The first-order chi connectivity index (χ1) is 15.4. The number of carbonyl (C=O) groups is 2. The van der Waals surface area contributed by atoms with Crippen LogP contribution in [0.4, 0.5) is 11.4 Å². The van der Waals surface area contributed by atoms with Gasteiger partial charge in [0, 0.05) is 29.0 Å². The Hall–Kier alpha value is -3.49. The summed E-state index contributed by atoms with van der Waals surface area (Å²) in [7, 11) is -3.57. The van der Waals surface area contributed by atoms with Gasteiger partial charge in [0.2, 0.25) is 10.0 Å². The third-order valence-electron chi connectivity index (χ3n) is 4.66. The summed E-state index contributed by atoms with van der Waals surface area (Å²) in [6.07, 6.45) is 1.66. The largest absolute Gasteiger partial charge is 0.322 e. The molecule has 3 aromatic carbocycles. The average molecular weight is 452 g/mol. The number of nitrogens with one attached hydrogen (secondary N) is 3. The third-order valence-corrected chi connectivity index (χ3v) is 6.14. The molecule has 3 rings (SSSR count). The summed E-state index contributed by atoms with van der Waals surface area (Å²) in [6, 6.07) is 21.3. The molecule has 3 N–H and O–H groups in total. The number of carbonyl (C=O) groups excluding carboxylic acids is 2.